The molecule has 3 heteroatoms. The Bertz CT molecular complexity index is 774. The molecule has 1 aromatic heterocycles. The van der Waals surface area contributed by atoms with Gasteiger partial charge in [0.25, 0.3) is 0 Å². The molecule has 0 unspecified atom stereocenters. The summed E-state index contributed by atoms with van der Waals surface area (Å²) in [4.78, 5) is 0. The number of aryl methyl sites for hydroxylation is 2. The summed E-state index contributed by atoms with van der Waals surface area (Å²) in [6, 6.07) is 16.8. The number of hydrogen-bond acceptors (Lipinski definition) is 1. The molecule has 0 amide bonds. The molecule has 2 aromatic carbocycles. The molecule has 0 spiro atoms. The zero-order valence-electron chi connectivity index (χ0n) is 10.8. The van der Waals surface area contributed by atoms with E-state index in [0.29, 0.717) is 0 Å². The average molecular weight is 345 g/mol. The summed E-state index contributed by atoms with van der Waals surface area (Å²) in [5.41, 5.74) is 6.54. The van der Waals surface area contributed by atoms with Crippen LogP contribution in [0.1, 0.15) is 10.0 Å². The van der Waals surface area contributed by atoms with Crippen LogP contribution in [0.15, 0.2) is 48.5 Å². The Morgan fingerprint density at radius 2 is 1.75 bits per heavy atom. The van der Waals surface area contributed by atoms with E-state index in [0.717, 1.165) is 23.6 Å². The monoisotopic (exact) mass is 345 g/mol. The van der Waals surface area contributed by atoms with E-state index in [9.17, 15) is 0 Å². The molecule has 0 atom stereocenters. The van der Waals surface area contributed by atoms with Crippen molar-refractivity contribution in [2.24, 2.45) is 0 Å². The van der Waals surface area contributed by atoms with Gasteiger partial charge >= 0.3 is 129 Å². The van der Waals surface area contributed by atoms with Crippen LogP contribution in [-0.4, -0.2) is 18.7 Å². The normalized spacial score (nSPS) is 12.8. The van der Waals surface area contributed by atoms with Crippen LogP contribution >= 0.6 is 11.6 Å². The van der Waals surface area contributed by atoms with Crippen LogP contribution < -0.4 is 0 Å². The van der Waals surface area contributed by atoms with Gasteiger partial charge in [0.15, 0.2) is 0 Å². The third-order valence-corrected chi connectivity index (χ3v) is 5.93. The molecule has 0 aliphatic heterocycles. The van der Waals surface area contributed by atoms with Gasteiger partial charge in [0, 0.05) is 0 Å². The summed E-state index contributed by atoms with van der Waals surface area (Å²) in [5, 5.41) is 0.774. The molecule has 98 valence electrons. The summed E-state index contributed by atoms with van der Waals surface area (Å²) in [7, 11) is 0. The number of aromatic nitrogens is 1. The molecular weight excluding hydrogens is 333 g/mol. The van der Waals surface area contributed by atoms with Crippen LogP contribution in [0.4, 0.5) is 0 Å². The van der Waals surface area contributed by atoms with Crippen molar-refractivity contribution in [2.45, 2.75) is 12.8 Å². The molecule has 0 fully saturated rings. The van der Waals surface area contributed by atoms with Crippen molar-refractivity contribution >= 4 is 26.3 Å². The van der Waals surface area contributed by atoms with E-state index in [1.165, 1.54) is 22.3 Å². The number of hydrogen-bond donors (Lipinski definition) is 0. The Labute approximate surface area is 129 Å². The Balaban J connectivity index is 1.93. The molecular formula is C17H12ClNSe. The topological polar surface area (TPSA) is 12.9 Å². The Morgan fingerprint density at radius 1 is 0.950 bits per heavy atom. The van der Waals surface area contributed by atoms with Crippen LogP contribution in [0.25, 0.3) is 22.4 Å². The van der Waals surface area contributed by atoms with Crippen molar-refractivity contribution < 1.29 is 0 Å². The van der Waals surface area contributed by atoms with E-state index in [-0.39, 0.29) is 14.7 Å². The van der Waals surface area contributed by atoms with Gasteiger partial charge in [-0.2, -0.15) is 0 Å². The first-order chi connectivity index (χ1) is 9.83. The van der Waals surface area contributed by atoms with Gasteiger partial charge in [-0.05, 0) is 0 Å². The molecule has 0 saturated carbocycles. The number of nitrogens with zero attached hydrogens (tertiary/aromatic N) is 1. The third kappa shape index (κ3) is 1.96. The molecule has 0 bridgehead atoms. The second-order valence-corrected chi connectivity index (χ2v) is 7.23. The molecule has 1 nitrogen and oxygen atoms in total. The van der Waals surface area contributed by atoms with Crippen LogP contribution in [-0.2, 0) is 12.8 Å². The Kier molecular flexibility index (Phi) is 3.03. The number of halogens is 1. The van der Waals surface area contributed by atoms with E-state index in [4.69, 9.17) is 15.6 Å². The molecule has 1 aliphatic rings. The molecule has 0 radical (unpaired) electrons. The maximum absolute atomic E-state index is 5.99. The first-order valence-electron chi connectivity index (χ1n) is 6.66. The summed E-state index contributed by atoms with van der Waals surface area (Å²) in [6.07, 6.45) is 2.31. The standard InChI is InChI=1S/C17H12ClNSe/c18-13-8-5-12(6-9-13)17-16-14-4-2-1-3-11(14)7-10-15(16)20-19-17/h1-6,8-9H,7,10H2. The van der Waals surface area contributed by atoms with Gasteiger partial charge in [-0.1, -0.05) is 0 Å². The predicted molar refractivity (Wildman–Crippen MR) is 84.5 cm³/mol. The Hall–Kier alpha value is -1.34. The molecule has 0 N–H and O–H groups in total. The second kappa shape index (κ2) is 4.89. The number of rotatable bonds is 1. The summed E-state index contributed by atoms with van der Waals surface area (Å²) < 4.78 is 6.38. The van der Waals surface area contributed by atoms with E-state index >= 15 is 0 Å². The van der Waals surface area contributed by atoms with Crippen LogP contribution in [0.2, 0.25) is 5.02 Å². The number of fused-ring (bicyclic) bond motifs is 3. The molecule has 20 heavy (non-hydrogen) atoms. The van der Waals surface area contributed by atoms with E-state index in [2.05, 4.69) is 36.4 Å². The minimum absolute atomic E-state index is 0.262. The molecule has 4 rings (SSSR count). The van der Waals surface area contributed by atoms with Gasteiger partial charge < -0.3 is 0 Å². The molecule has 1 heterocycles. The van der Waals surface area contributed by atoms with Crippen LogP contribution in [0, 0.1) is 0 Å². The van der Waals surface area contributed by atoms with Crippen LogP contribution in [0.5, 0.6) is 0 Å². The minimum atomic E-state index is 0.262. The first-order valence-corrected chi connectivity index (χ1v) is 8.66. The fraction of sp³-hybridized carbons (Fsp3) is 0.118. The maximum atomic E-state index is 5.99. The van der Waals surface area contributed by atoms with E-state index < -0.39 is 0 Å². The van der Waals surface area contributed by atoms with Crippen molar-refractivity contribution in [3.63, 3.8) is 0 Å². The van der Waals surface area contributed by atoms with Crippen molar-refractivity contribution in [1.29, 1.82) is 0 Å². The van der Waals surface area contributed by atoms with Crippen molar-refractivity contribution in [3.8, 4) is 22.4 Å². The van der Waals surface area contributed by atoms with Gasteiger partial charge in [0.1, 0.15) is 0 Å². The fourth-order valence-electron chi connectivity index (χ4n) is 2.81. The number of benzene rings is 2. The molecule has 3 aromatic rings. The molecule has 0 saturated heterocycles. The first kappa shape index (κ1) is 12.4. The molecule has 1 aliphatic carbocycles. The van der Waals surface area contributed by atoms with Crippen molar-refractivity contribution in [2.75, 3.05) is 0 Å². The van der Waals surface area contributed by atoms with Gasteiger partial charge in [-0.25, -0.2) is 0 Å². The van der Waals surface area contributed by atoms with Gasteiger partial charge in [0.05, 0.1) is 0 Å². The van der Waals surface area contributed by atoms with Crippen LogP contribution in [0.3, 0.4) is 0 Å². The zero-order chi connectivity index (χ0) is 13.5. The van der Waals surface area contributed by atoms with E-state index in [1.807, 2.05) is 12.1 Å². The SMILES string of the molecule is Clc1ccc(-c2n[se]c3c2-c2ccccc2CC3)cc1. The zero-order valence-corrected chi connectivity index (χ0v) is 13.2. The quantitative estimate of drug-likeness (QED) is 0.602. The van der Waals surface area contributed by atoms with Crippen molar-refractivity contribution in [3.05, 3.63) is 63.6 Å². The van der Waals surface area contributed by atoms with Gasteiger partial charge in [0.2, 0.25) is 0 Å². The van der Waals surface area contributed by atoms with Crippen molar-refractivity contribution in [1.82, 2.24) is 3.98 Å². The summed E-state index contributed by atoms with van der Waals surface area (Å²) in [5.74, 6) is 0. The summed E-state index contributed by atoms with van der Waals surface area (Å²) in [6.45, 7) is 0. The van der Waals surface area contributed by atoms with Gasteiger partial charge in [-0.3, -0.25) is 0 Å². The second-order valence-electron chi connectivity index (χ2n) is 4.99. The van der Waals surface area contributed by atoms with Gasteiger partial charge in [-0.15, -0.1) is 0 Å². The fourth-order valence-corrected chi connectivity index (χ4v) is 4.80. The summed E-state index contributed by atoms with van der Waals surface area (Å²) >= 11 is 6.25. The Morgan fingerprint density at radius 3 is 2.60 bits per heavy atom. The third-order valence-electron chi connectivity index (χ3n) is 3.79. The van der Waals surface area contributed by atoms with E-state index in [1.54, 1.807) is 4.44 Å². The predicted octanol–water partition coefficient (Wildman–Crippen LogP) is 4.22. The average Bonchev–Trinajstić information content (AvgIpc) is 2.92.